The van der Waals surface area contributed by atoms with Crippen LogP contribution in [0.2, 0.25) is 0 Å². The third-order valence-electron chi connectivity index (χ3n) is 3.23. The summed E-state index contributed by atoms with van der Waals surface area (Å²) in [5.74, 6) is 0.722. The Balaban J connectivity index is 2.27. The Hall–Kier alpha value is -3.06. The van der Waals surface area contributed by atoms with Crippen LogP contribution in [0.3, 0.4) is 0 Å². The maximum atomic E-state index is 7.37. The molecule has 3 rings (SSSR count). The first-order chi connectivity index (χ1) is 10.3. The molecule has 4 heteroatoms. The fourth-order valence-electron chi connectivity index (χ4n) is 2.28. The van der Waals surface area contributed by atoms with E-state index in [2.05, 4.69) is 9.94 Å². The highest BCUT2D eigenvalue weighted by atomic mass is 16.5. The van der Waals surface area contributed by atoms with Crippen LogP contribution >= 0.6 is 0 Å². The van der Waals surface area contributed by atoms with E-state index in [0.29, 0.717) is 5.69 Å². The van der Waals surface area contributed by atoms with Crippen molar-refractivity contribution in [2.75, 3.05) is 7.11 Å². The summed E-state index contributed by atoms with van der Waals surface area (Å²) in [6.07, 6.45) is 1.59. The molecule has 2 aromatic carbocycles. The van der Waals surface area contributed by atoms with Gasteiger partial charge in [0, 0.05) is 5.56 Å². The largest absolute Gasteiger partial charge is 0.496 e. The van der Waals surface area contributed by atoms with Crippen molar-refractivity contribution >= 4 is 5.69 Å². The van der Waals surface area contributed by atoms with Crippen LogP contribution in [0.4, 0.5) is 5.69 Å². The first kappa shape index (κ1) is 12.9. The van der Waals surface area contributed by atoms with Gasteiger partial charge in [0.25, 0.3) is 0 Å². The van der Waals surface area contributed by atoms with Crippen molar-refractivity contribution in [3.05, 3.63) is 72.2 Å². The van der Waals surface area contributed by atoms with Crippen LogP contribution in [0.15, 0.2) is 60.8 Å². The van der Waals surface area contributed by atoms with Gasteiger partial charge in [-0.3, -0.25) is 0 Å². The van der Waals surface area contributed by atoms with Crippen LogP contribution in [0.5, 0.6) is 5.75 Å². The van der Waals surface area contributed by atoms with Crippen LogP contribution in [-0.2, 0) is 0 Å². The number of rotatable bonds is 3. The van der Waals surface area contributed by atoms with Crippen molar-refractivity contribution in [3.63, 3.8) is 0 Å². The third-order valence-corrected chi connectivity index (χ3v) is 3.23. The first-order valence-corrected chi connectivity index (χ1v) is 6.49. The molecular weight excluding hydrogens is 262 g/mol. The van der Waals surface area contributed by atoms with Crippen LogP contribution < -0.4 is 4.74 Å². The summed E-state index contributed by atoms with van der Waals surface area (Å²) >= 11 is 0. The summed E-state index contributed by atoms with van der Waals surface area (Å²) in [6.45, 7) is 7.37. The fraction of sp³-hybridized carbons (Fsp3) is 0.0588. The minimum atomic E-state index is 0.503. The van der Waals surface area contributed by atoms with E-state index in [0.717, 1.165) is 22.7 Å². The Morgan fingerprint density at radius 2 is 1.76 bits per heavy atom. The standard InChI is InChI=1S/C17H13N3O/c1-18-15-12-19-20(13-8-4-3-5-9-13)17(15)14-10-6-7-11-16(14)21-2/h3-12H,2H3. The number of aromatic nitrogens is 2. The Labute approximate surface area is 123 Å². The van der Waals surface area contributed by atoms with Crippen LogP contribution in [0.1, 0.15) is 0 Å². The maximum absolute atomic E-state index is 7.37. The lowest BCUT2D eigenvalue weighted by Gasteiger charge is -2.12. The van der Waals surface area contributed by atoms with Gasteiger partial charge < -0.3 is 4.74 Å². The van der Waals surface area contributed by atoms with Crippen molar-refractivity contribution < 1.29 is 4.74 Å². The van der Waals surface area contributed by atoms with E-state index >= 15 is 0 Å². The van der Waals surface area contributed by atoms with Crippen molar-refractivity contribution in [3.8, 4) is 22.7 Å². The predicted octanol–water partition coefficient (Wildman–Crippen LogP) is 4.10. The minimum Gasteiger partial charge on any atom is -0.496 e. The van der Waals surface area contributed by atoms with E-state index in [4.69, 9.17) is 11.3 Å². The second-order valence-electron chi connectivity index (χ2n) is 4.44. The van der Waals surface area contributed by atoms with Crippen molar-refractivity contribution in [2.45, 2.75) is 0 Å². The zero-order valence-electron chi connectivity index (χ0n) is 11.5. The number of para-hydroxylation sites is 2. The Morgan fingerprint density at radius 1 is 1.05 bits per heavy atom. The molecule has 1 aromatic heterocycles. The summed E-state index contributed by atoms with van der Waals surface area (Å²) in [4.78, 5) is 3.58. The summed E-state index contributed by atoms with van der Waals surface area (Å²) < 4.78 is 7.18. The van der Waals surface area contributed by atoms with Crippen LogP contribution in [-0.4, -0.2) is 16.9 Å². The van der Waals surface area contributed by atoms with Crippen molar-refractivity contribution in [1.29, 1.82) is 0 Å². The SMILES string of the molecule is [C-]#[N+]c1cnn(-c2ccccc2)c1-c1ccccc1OC. The van der Waals surface area contributed by atoms with E-state index < -0.39 is 0 Å². The van der Waals surface area contributed by atoms with Crippen molar-refractivity contribution in [1.82, 2.24) is 9.78 Å². The van der Waals surface area contributed by atoms with E-state index in [1.54, 1.807) is 18.0 Å². The molecule has 0 atom stereocenters. The second-order valence-corrected chi connectivity index (χ2v) is 4.44. The van der Waals surface area contributed by atoms with Gasteiger partial charge in [-0.1, -0.05) is 36.4 Å². The molecule has 1 heterocycles. The molecule has 0 aliphatic rings. The molecule has 0 N–H and O–H groups in total. The quantitative estimate of drug-likeness (QED) is 0.674. The molecule has 0 fully saturated rings. The monoisotopic (exact) mass is 275 g/mol. The lowest BCUT2D eigenvalue weighted by atomic mass is 10.1. The summed E-state index contributed by atoms with van der Waals surface area (Å²) in [6, 6.07) is 17.4. The number of benzene rings is 2. The molecular formula is C17H13N3O. The molecule has 0 saturated carbocycles. The smallest absolute Gasteiger partial charge is 0.232 e. The molecule has 0 radical (unpaired) electrons. The van der Waals surface area contributed by atoms with Crippen LogP contribution in [0.25, 0.3) is 21.8 Å². The molecule has 0 bridgehead atoms. The van der Waals surface area contributed by atoms with Gasteiger partial charge in [0.05, 0.1) is 31.3 Å². The molecule has 0 saturated heterocycles. The van der Waals surface area contributed by atoms with Gasteiger partial charge in [-0.15, -0.1) is 0 Å². The Kier molecular flexibility index (Phi) is 3.40. The Morgan fingerprint density at radius 3 is 2.48 bits per heavy atom. The summed E-state index contributed by atoms with van der Waals surface area (Å²) in [5, 5.41) is 4.36. The fourth-order valence-corrected chi connectivity index (χ4v) is 2.28. The lowest BCUT2D eigenvalue weighted by Crippen LogP contribution is -1.99. The Bertz CT molecular complexity index is 800. The molecule has 4 nitrogen and oxygen atoms in total. The van der Waals surface area contributed by atoms with Gasteiger partial charge in [0.2, 0.25) is 5.69 Å². The zero-order valence-corrected chi connectivity index (χ0v) is 11.5. The molecule has 0 unspecified atom stereocenters. The van der Waals surface area contributed by atoms with E-state index in [1.807, 2.05) is 54.6 Å². The lowest BCUT2D eigenvalue weighted by molar-refractivity contribution is 0.416. The van der Waals surface area contributed by atoms with E-state index in [9.17, 15) is 0 Å². The summed E-state index contributed by atoms with van der Waals surface area (Å²) in [7, 11) is 1.62. The van der Waals surface area contributed by atoms with Crippen LogP contribution in [0, 0.1) is 6.57 Å². The topological polar surface area (TPSA) is 31.4 Å². The number of nitrogens with zero attached hydrogens (tertiary/aromatic N) is 3. The second kappa shape index (κ2) is 5.51. The number of methoxy groups -OCH3 is 1. The molecule has 0 spiro atoms. The average Bonchev–Trinajstić information content (AvgIpc) is 2.99. The average molecular weight is 275 g/mol. The van der Waals surface area contributed by atoms with Gasteiger partial charge in [-0.2, -0.15) is 5.10 Å². The van der Waals surface area contributed by atoms with Gasteiger partial charge in [0.15, 0.2) is 0 Å². The summed E-state index contributed by atoms with van der Waals surface area (Å²) in [5.41, 5.74) is 3.01. The normalized spacial score (nSPS) is 10.1. The van der Waals surface area contributed by atoms with Gasteiger partial charge in [-0.05, 0) is 18.2 Å². The molecule has 0 aliphatic heterocycles. The molecule has 21 heavy (non-hydrogen) atoms. The zero-order chi connectivity index (χ0) is 14.7. The van der Waals surface area contributed by atoms with Gasteiger partial charge >= 0.3 is 0 Å². The predicted molar refractivity (Wildman–Crippen MR) is 81.8 cm³/mol. The molecule has 3 aromatic rings. The molecule has 102 valence electrons. The molecule has 0 aliphatic carbocycles. The van der Waals surface area contributed by atoms with Gasteiger partial charge in [0.1, 0.15) is 5.75 Å². The first-order valence-electron chi connectivity index (χ1n) is 6.49. The molecule has 0 amide bonds. The number of hydrogen-bond donors (Lipinski definition) is 0. The maximum Gasteiger partial charge on any atom is 0.232 e. The highest BCUT2D eigenvalue weighted by Gasteiger charge is 2.17. The van der Waals surface area contributed by atoms with E-state index in [1.165, 1.54) is 0 Å². The van der Waals surface area contributed by atoms with Crippen molar-refractivity contribution in [2.24, 2.45) is 0 Å². The number of ether oxygens (including phenoxy) is 1. The van der Waals surface area contributed by atoms with Gasteiger partial charge in [-0.25, -0.2) is 9.53 Å². The number of hydrogen-bond acceptors (Lipinski definition) is 2. The van der Waals surface area contributed by atoms with E-state index in [-0.39, 0.29) is 0 Å². The highest BCUT2D eigenvalue weighted by molar-refractivity contribution is 5.80. The highest BCUT2D eigenvalue weighted by Crippen LogP contribution is 2.37. The third kappa shape index (κ3) is 2.26. The minimum absolute atomic E-state index is 0.503.